The van der Waals surface area contributed by atoms with E-state index in [1.165, 1.54) is 0 Å². The average molecular weight is 315 g/mol. The first-order valence-electron chi connectivity index (χ1n) is 6.97. The molecule has 22 heavy (non-hydrogen) atoms. The molecule has 0 unspecified atom stereocenters. The van der Waals surface area contributed by atoms with Gasteiger partial charge in [0.1, 0.15) is 5.60 Å². The largest absolute Gasteiger partial charge is 0.383 e. The molecule has 0 heterocycles. The molecule has 7 heteroatoms. The monoisotopic (exact) mass is 315 g/mol. The molecule has 126 valence electrons. The molecule has 7 nitrogen and oxygen atoms in total. The first-order valence-corrected chi connectivity index (χ1v) is 6.97. The zero-order valence-corrected chi connectivity index (χ0v) is 13.1. The van der Waals surface area contributed by atoms with Gasteiger partial charge >= 0.3 is 0 Å². The van der Waals surface area contributed by atoms with Gasteiger partial charge in [-0.25, -0.2) is 0 Å². The lowest BCUT2D eigenvalue weighted by Crippen LogP contribution is -2.59. The minimum atomic E-state index is -2.41. The number of ether oxygens (including phenoxy) is 1. The molecule has 1 aromatic rings. The highest BCUT2D eigenvalue weighted by atomic mass is 16.6. The summed E-state index contributed by atoms with van der Waals surface area (Å²) in [7, 11) is 0. The number of aliphatic hydroxyl groups is 5. The van der Waals surface area contributed by atoms with Crippen LogP contribution < -0.4 is 0 Å². The lowest BCUT2D eigenvalue weighted by Gasteiger charge is -2.39. The highest BCUT2D eigenvalue weighted by Crippen LogP contribution is 2.21. The van der Waals surface area contributed by atoms with Crippen molar-refractivity contribution in [3.05, 3.63) is 35.9 Å². The zero-order chi connectivity index (χ0) is 17.0. The van der Waals surface area contributed by atoms with E-state index in [1.54, 1.807) is 31.2 Å². The summed E-state index contributed by atoms with van der Waals surface area (Å²) in [5.74, 6) is -4.83. The maximum Gasteiger partial charge on any atom is 0.226 e. The molecule has 0 bridgehead atoms. The van der Waals surface area contributed by atoms with Crippen molar-refractivity contribution in [1.29, 1.82) is 0 Å². The quantitative estimate of drug-likeness (QED) is 0.325. The minimum Gasteiger partial charge on any atom is -0.383 e. The maximum absolute atomic E-state index is 10.3. The summed E-state index contributed by atoms with van der Waals surface area (Å²) in [6.45, 7) is 3.42. The van der Waals surface area contributed by atoms with Gasteiger partial charge in [-0.05, 0) is 12.5 Å². The molecule has 1 rings (SSSR count). The average Bonchev–Trinajstić information content (AvgIpc) is 2.36. The van der Waals surface area contributed by atoms with Crippen molar-refractivity contribution in [1.82, 2.24) is 4.90 Å². The first kappa shape index (κ1) is 19.0. The van der Waals surface area contributed by atoms with Crippen LogP contribution >= 0.6 is 0 Å². The molecule has 1 atom stereocenters. The highest BCUT2D eigenvalue weighted by molar-refractivity contribution is 5.21. The molecule has 1 aromatic carbocycles. The summed E-state index contributed by atoms with van der Waals surface area (Å²) < 4.78 is 5.34. The van der Waals surface area contributed by atoms with E-state index in [-0.39, 0.29) is 19.8 Å². The second-order valence-electron chi connectivity index (χ2n) is 5.79. The molecule has 5 N–H and O–H groups in total. The van der Waals surface area contributed by atoms with Gasteiger partial charge in [0.05, 0.1) is 13.2 Å². The van der Waals surface area contributed by atoms with E-state index in [0.717, 1.165) is 13.8 Å². The molecule has 0 amide bonds. The Morgan fingerprint density at radius 2 is 1.41 bits per heavy atom. The van der Waals surface area contributed by atoms with Crippen LogP contribution in [0, 0.1) is 0 Å². The predicted octanol–water partition coefficient (Wildman–Crippen LogP) is -0.471. The number of nitrogens with zero attached hydrogens (tertiary/aromatic N) is 1. The van der Waals surface area contributed by atoms with E-state index in [9.17, 15) is 25.5 Å². The summed E-state index contributed by atoms with van der Waals surface area (Å²) in [5, 5.41) is 48.4. The van der Waals surface area contributed by atoms with E-state index >= 15 is 0 Å². The van der Waals surface area contributed by atoms with Crippen molar-refractivity contribution in [2.24, 2.45) is 0 Å². The lowest BCUT2D eigenvalue weighted by atomic mass is 9.97. The Balaban J connectivity index is 2.53. The van der Waals surface area contributed by atoms with Crippen LogP contribution in [0.1, 0.15) is 26.3 Å². The van der Waals surface area contributed by atoms with Crippen molar-refractivity contribution in [2.75, 3.05) is 19.8 Å². The van der Waals surface area contributed by atoms with Gasteiger partial charge in [0.2, 0.25) is 11.8 Å². The van der Waals surface area contributed by atoms with E-state index in [0.29, 0.717) is 10.5 Å². The van der Waals surface area contributed by atoms with Crippen LogP contribution in [0.25, 0.3) is 0 Å². The standard InChI is InChI=1S/C15H25NO6/c1-13(17,12-7-5-4-6-8-12)11-22-10-9-16(14(2,18)19)15(3,20)21/h4-8,17-21H,9-11H2,1-3H3/t13-/m1/s1. The molecule has 0 fully saturated rings. The van der Waals surface area contributed by atoms with Crippen LogP contribution in [0.5, 0.6) is 0 Å². The SMILES string of the molecule is CC(O)(O)N(CCOC[C@@](C)(O)c1ccccc1)C(C)(O)O. The summed E-state index contributed by atoms with van der Waals surface area (Å²) >= 11 is 0. The molecule has 0 saturated heterocycles. The third-order valence-corrected chi connectivity index (χ3v) is 3.26. The van der Waals surface area contributed by atoms with Crippen molar-refractivity contribution in [2.45, 2.75) is 38.2 Å². The van der Waals surface area contributed by atoms with Gasteiger partial charge in [-0.3, -0.25) is 0 Å². The second-order valence-corrected chi connectivity index (χ2v) is 5.79. The normalized spacial score (nSPS) is 15.9. The summed E-state index contributed by atoms with van der Waals surface area (Å²) in [6.07, 6.45) is 0. The van der Waals surface area contributed by atoms with E-state index < -0.39 is 17.4 Å². The molecule has 0 aliphatic heterocycles. The fraction of sp³-hybridized carbons (Fsp3) is 0.600. The van der Waals surface area contributed by atoms with Crippen LogP contribution in [0.3, 0.4) is 0 Å². The third-order valence-electron chi connectivity index (χ3n) is 3.26. The Morgan fingerprint density at radius 1 is 0.909 bits per heavy atom. The Morgan fingerprint density at radius 3 is 1.86 bits per heavy atom. The number of hydrogen-bond acceptors (Lipinski definition) is 7. The molecule has 0 spiro atoms. The second kappa shape index (κ2) is 7.01. The summed E-state index contributed by atoms with van der Waals surface area (Å²) in [4.78, 5) is 0.650. The predicted molar refractivity (Wildman–Crippen MR) is 79.2 cm³/mol. The van der Waals surface area contributed by atoms with E-state index in [4.69, 9.17) is 4.74 Å². The first-order chi connectivity index (χ1) is 9.94. The topological polar surface area (TPSA) is 114 Å². The molecular weight excluding hydrogens is 290 g/mol. The smallest absolute Gasteiger partial charge is 0.226 e. The van der Waals surface area contributed by atoms with Crippen LogP contribution in [-0.4, -0.2) is 62.0 Å². The lowest BCUT2D eigenvalue weighted by molar-refractivity contribution is -0.372. The Hall–Kier alpha value is -1.06. The minimum absolute atomic E-state index is 0.0218. The maximum atomic E-state index is 10.3. The fourth-order valence-electron chi connectivity index (χ4n) is 2.13. The highest BCUT2D eigenvalue weighted by Gasteiger charge is 2.38. The van der Waals surface area contributed by atoms with Crippen LogP contribution in [0.2, 0.25) is 0 Å². The van der Waals surface area contributed by atoms with Gasteiger partial charge in [-0.15, -0.1) is 0 Å². The van der Waals surface area contributed by atoms with Crippen molar-refractivity contribution in [3.63, 3.8) is 0 Å². The van der Waals surface area contributed by atoms with Crippen LogP contribution in [-0.2, 0) is 10.3 Å². The Bertz CT molecular complexity index is 435. The molecule has 0 saturated carbocycles. The molecule has 0 aliphatic carbocycles. The van der Waals surface area contributed by atoms with Gasteiger partial charge in [-0.1, -0.05) is 30.3 Å². The molecule has 0 radical (unpaired) electrons. The van der Waals surface area contributed by atoms with Crippen molar-refractivity contribution >= 4 is 0 Å². The van der Waals surface area contributed by atoms with Crippen molar-refractivity contribution < 1.29 is 30.3 Å². The van der Waals surface area contributed by atoms with Gasteiger partial charge in [0.25, 0.3) is 0 Å². The van der Waals surface area contributed by atoms with E-state index in [2.05, 4.69) is 0 Å². The zero-order valence-electron chi connectivity index (χ0n) is 13.1. The third kappa shape index (κ3) is 5.62. The summed E-state index contributed by atoms with van der Waals surface area (Å²) in [5.41, 5.74) is -0.509. The Labute approximate surface area is 130 Å². The van der Waals surface area contributed by atoms with Gasteiger partial charge in [-0.2, -0.15) is 4.90 Å². The number of rotatable bonds is 8. The Kier molecular flexibility index (Phi) is 6.05. The van der Waals surface area contributed by atoms with Crippen molar-refractivity contribution in [3.8, 4) is 0 Å². The van der Waals surface area contributed by atoms with E-state index in [1.807, 2.05) is 6.07 Å². The molecule has 0 aromatic heterocycles. The molecule has 0 aliphatic rings. The van der Waals surface area contributed by atoms with Gasteiger partial charge in [0.15, 0.2) is 0 Å². The number of hydrogen-bond donors (Lipinski definition) is 5. The van der Waals surface area contributed by atoms with Crippen LogP contribution in [0.15, 0.2) is 30.3 Å². The fourth-order valence-corrected chi connectivity index (χ4v) is 2.13. The molecular formula is C15H25NO6. The summed E-state index contributed by atoms with van der Waals surface area (Å²) in [6, 6.07) is 8.99. The van der Waals surface area contributed by atoms with Gasteiger partial charge < -0.3 is 30.3 Å². The number of benzene rings is 1. The van der Waals surface area contributed by atoms with Gasteiger partial charge in [0, 0.05) is 20.4 Å². The van der Waals surface area contributed by atoms with Crippen LogP contribution in [0.4, 0.5) is 0 Å².